The van der Waals surface area contributed by atoms with Gasteiger partial charge in [-0.05, 0) is 6.42 Å². The molecule has 7 heavy (non-hydrogen) atoms. The summed E-state index contributed by atoms with van der Waals surface area (Å²) in [4.78, 5) is 0. The van der Waals surface area contributed by atoms with Crippen LogP contribution in [0.5, 0.6) is 0 Å². The Morgan fingerprint density at radius 2 is 2.29 bits per heavy atom. The van der Waals surface area contributed by atoms with E-state index >= 15 is 0 Å². The van der Waals surface area contributed by atoms with Gasteiger partial charge in [0.05, 0.1) is 0 Å². The summed E-state index contributed by atoms with van der Waals surface area (Å²) in [6.45, 7) is 5.77. The lowest BCUT2D eigenvalue weighted by molar-refractivity contribution is 0.744. The maximum Gasteiger partial charge on any atom is 0.0123 e. The van der Waals surface area contributed by atoms with Crippen LogP contribution in [0.1, 0.15) is 26.2 Å². The van der Waals surface area contributed by atoms with Crippen LogP contribution in [-0.2, 0) is 0 Å². The van der Waals surface area contributed by atoms with Crippen LogP contribution < -0.4 is 0 Å². The van der Waals surface area contributed by atoms with Crippen molar-refractivity contribution in [2.75, 3.05) is 0 Å². The van der Waals surface area contributed by atoms with Crippen molar-refractivity contribution < 1.29 is 0 Å². The van der Waals surface area contributed by atoms with Gasteiger partial charge < -0.3 is 0 Å². The zero-order chi connectivity index (χ0) is 5.70. The zero-order valence-corrected chi connectivity index (χ0v) is 5.63. The second-order valence-electron chi connectivity index (χ2n) is 1.81. The average molecular weight is 116 g/mol. The van der Waals surface area contributed by atoms with E-state index in [2.05, 4.69) is 13.8 Å². The summed E-state index contributed by atoms with van der Waals surface area (Å²) in [5, 5.41) is 0.446. The molecule has 0 spiro atoms. The van der Waals surface area contributed by atoms with Crippen molar-refractivity contribution in [3.05, 3.63) is 6.92 Å². The summed E-state index contributed by atoms with van der Waals surface area (Å²) in [5.74, 6) is 0. The molecule has 0 aromatic carbocycles. The normalized spacial score (nSPS) is 14.1. The molecule has 0 amide bonds. The van der Waals surface area contributed by atoms with E-state index in [0.29, 0.717) is 5.25 Å². The van der Waals surface area contributed by atoms with Crippen LogP contribution in [0.4, 0.5) is 0 Å². The minimum atomic E-state index is 0.446. The molecule has 0 aliphatic heterocycles. The smallest absolute Gasteiger partial charge is 0.0123 e. The molecule has 0 N–H and O–H groups in total. The summed E-state index contributed by atoms with van der Waals surface area (Å²) in [6, 6.07) is 0. The monoisotopic (exact) mass is 116 g/mol. The van der Waals surface area contributed by atoms with E-state index in [1.54, 1.807) is 0 Å². The third-order valence-corrected chi connectivity index (χ3v) is 1.10. The van der Waals surface area contributed by atoms with Gasteiger partial charge in [-0.2, -0.15) is 0 Å². The molecular weight excluding hydrogens is 104 g/mol. The van der Waals surface area contributed by atoms with E-state index < -0.39 is 0 Å². The number of rotatable bonds is 3. The maximum absolute atomic E-state index is 4.92. The van der Waals surface area contributed by atoms with Gasteiger partial charge in [0, 0.05) is 5.25 Å². The van der Waals surface area contributed by atoms with Crippen molar-refractivity contribution in [2.45, 2.75) is 31.4 Å². The first-order valence-electron chi connectivity index (χ1n) is 2.72. The first kappa shape index (κ1) is 7.35. The third kappa shape index (κ3) is 6.35. The molecule has 0 aromatic heterocycles. The summed E-state index contributed by atoms with van der Waals surface area (Å²) < 4.78 is 0. The van der Waals surface area contributed by atoms with Crippen LogP contribution in [0.15, 0.2) is 0 Å². The lowest BCUT2D eigenvalue weighted by Crippen LogP contribution is -1.87. The highest BCUT2D eigenvalue weighted by molar-refractivity contribution is 7.80. The van der Waals surface area contributed by atoms with E-state index in [4.69, 9.17) is 12.6 Å². The molecular formula is C6H12S. The molecule has 0 bridgehead atoms. The fourth-order valence-electron chi connectivity index (χ4n) is 0.432. The Balaban J connectivity index is 2.68. The fraction of sp³-hybridized carbons (Fsp3) is 0.833. The summed E-state index contributed by atoms with van der Waals surface area (Å²) in [5.41, 5.74) is 0. The van der Waals surface area contributed by atoms with Gasteiger partial charge in [-0.1, -0.05) is 39.3 Å². The van der Waals surface area contributed by atoms with Crippen molar-refractivity contribution in [1.29, 1.82) is 0 Å². The second-order valence-corrected chi connectivity index (χ2v) is 2.61. The highest BCUT2D eigenvalue weighted by Gasteiger charge is 1.90. The quantitative estimate of drug-likeness (QED) is 0.531. The molecule has 0 aliphatic carbocycles. The topological polar surface area (TPSA) is 0 Å². The second kappa shape index (κ2) is 4.51. The van der Waals surface area contributed by atoms with E-state index in [9.17, 15) is 0 Å². The minimum Gasteiger partial charge on any atom is -0.0907 e. The van der Waals surface area contributed by atoms with Gasteiger partial charge in [-0.15, -0.1) is 0 Å². The molecule has 1 unspecified atom stereocenters. The Morgan fingerprint density at radius 1 is 1.71 bits per heavy atom. The van der Waals surface area contributed by atoms with Gasteiger partial charge in [-0.3, -0.25) is 0 Å². The molecule has 2 radical (unpaired) electrons. The van der Waals surface area contributed by atoms with Crippen LogP contribution >= 0.6 is 12.6 Å². The van der Waals surface area contributed by atoms with Crippen molar-refractivity contribution in [3.63, 3.8) is 0 Å². The lowest BCUT2D eigenvalue weighted by atomic mass is 10.2. The molecule has 42 valence electrons. The molecule has 0 heterocycles. The molecule has 0 aromatic rings. The van der Waals surface area contributed by atoms with E-state index in [1.165, 1.54) is 6.42 Å². The molecule has 0 saturated carbocycles. The van der Waals surface area contributed by atoms with E-state index in [1.807, 2.05) is 0 Å². The minimum absolute atomic E-state index is 0.446. The van der Waals surface area contributed by atoms with Crippen molar-refractivity contribution in [1.82, 2.24) is 0 Å². The van der Waals surface area contributed by atoms with Crippen molar-refractivity contribution in [3.8, 4) is 0 Å². The van der Waals surface area contributed by atoms with E-state index in [-0.39, 0.29) is 0 Å². The van der Waals surface area contributed by atoms with Crippen LogP contribution in [0.3, 0.4) is 0 Å². The van der Waals surface area contributed by atoms with Crippen LogP contribution in [0.2, 0.25) is 0 Å². The Labute approximate surface area is 51.7 Å². The fourth-order valence-corrected chi connectivity index (χ4v) is 0.598. The van der Waals surface area contributed by atoms with Crippen molar-refractivity contribution in [2.24, 2.45) is 0 Å². The zero-order valence-electron chi connectivity index (χ0n) is 4.81. The number of hydrogen-bond acceptors (Lipinski definition) is 0. The van der Waals surface area contributed by atoms with Gasteiger partial charge in [0.25, 0.3) is 0 Å². The maximum atomic E-state index is 4.92. The average Bonchev–Trinajstić information content (AvgIpc) is 1.61. The number of hydrogen-bond donors (Lipinski definition) is 0. The van der Waals surface area contributed by atoms with Crippen LogP contribution in [-0.4, -0.2) is 5.25 Å². The Kier molecular flexibility index (Phi) is 4.73. The predicted octanol–water partition coefficient (Wildman–Crippen LogP) is 2.58. The first-order valence-corrected chi connectivity index (χ1v) is 3.19. The Hall–Kier alpha value is 0.350. The van der Waals surface area contributed by atoms with Gasteiger partial charge in [0.1, 0.15) is 0 Å². The molecule has 1 atom stereocenters. The standard InChI is InChI=1S/C6H12S/c1-3-4-5-6(2)7/h6H,1,3-5H2,2H3. The largest absolute Gasteiger partial charge is 0.0907 e. The number of unbranched alkanes of at least 4 members (excludes halogenated alkanes) is 1. The molecule has 0 saturated heterocycles. The van der Waals surface area contributed by atoms with Gasteiger partial charge in [0.15, 0.2) is 0 Å². The van der Waals surface area contributed by atoms with Gasteiger partial charge in [-0.25, -0.2) is 0 Å². The predicted molar refractivity (Wildman–Crippen MR) is 36.3 cm³/mol. The summed E-state index contributed by atoms with van der Waals surface area (Å²) >= 11 is 4.92. The van der Waals surface area contributed by atoms with Gasteiger partial charge >= 0.3 is 0 Å². The molecule has 0 nitrogen and oxygen atoms in total. The highest BCUT2D eigenvalue weighted by atomic mass is 32.1. The summed E-state index contributed by atoms with van der Waals surface area (Å²) in [7, 11) is 0. The molecule has 1 heteroatoms. The molecule has 0 aliphatic rings. The van der Waals surface area contributed by atoms with Crippen LogP contribution in [0.25, 0.3) is 0 Å². The lowest BCUT2D eigenvalue weighted by Gasteiger charge is -1.96. The molecule has 0 rings (SSSR count). The van der Waals surface area contributed by atoms with Crippen molar-refractivity contribution >= 4 is 12.6 Å². The Morgan fingerprint density at radius 3 is 2.43 bits per heavy atom. The highest BCUT2D eigenvalue weighted by Crippen LogP contribution is 2.03. The van der Waals surface area contributed by atoms with Gasteiger partial charge in [0.2, 0.25) is 0 Å². The molecule has 0 fully saturated rings. The van der Waals surface area contributed by atoms with E-state index in [0.717, 1.165) is 12.8 Å². The summed E-state index contributed by atoms with van der Waals surface area (Å²) in [6.07, 6.45) is 3.37. The Bertz CT molecular complexity index is 33.2. The SMILES string of the molecule is [CH2]CCCC(C)[S]. The first-order chi connectivity index (χ1) is 3.27. The van der Waals surface area contributed by atoms with Crippen LogP contribution in [0, 0.1) is 6.92 Å². The third-order valence-electron chi connectivity index (χ3n) is 0.861.